The summed E-state index contributed by atoms with van der Waals surface area (Å²) in [6, 6.07) is 0. The van der Waals surface area contributed by atoms with Gasteiger partial charge in [-0.3, -0.25) is 0 Å². The lowest BCUT2D eigenvalue weighted by molar-refractivity contribution is -0.0531. The van der Waals surface area contributed by atoms with Gasteiger partial charge < -0.3 is 9.84 Å². The van der Waals surface area contributed by atoms with Crippen LogP contribution in [0.3, 0.4) is 0 Å². The zero-order valence-electron chi connectivity index (χ0n) is 9.90. The van der Waals surface area contributed by atoms with E-state index in [0.29, 0.717) is 0 Å². The van der Waals surface area contributed by atoms with Gasteiger partial charge in [-0.2, -0.15) is 0 Å². The molecular formula is C12H19NO2S. The molecule has 1 fully saturated rings. The van der Waals surface area contributed by atoms with Gasteiger partial charge in [-0.05, 0) is 31.6 Å². The quantitative estimate of drug-likeness (QED) is 0.884. The lowest BCUT2D eigenvalue weighted by Gasteiger charge is -2.36. The van der Waals surface area contributed by atoms with E-state index in [1.165, 1.54) is 12.8 Å². The van der Waals surface area contributed by atoms with E-state index in [4.69, 9.17) is 9.84 Å². The molecule has 1 saturated carbocycles. The highest BCUT2D eigenvalue weighted by Crippen LogP contribution is 2.43. The van der Waals surface area contributed by atoms with Crippen LogP contribution in [-0.2, 0) is 16.9 Å². The molecule has 4 heteroatoms. The fraction of sp³-hybridized carbons (Fsp3) is 0.750. The highest BCUT2D eigenvalue weighted by Gasteiger charge is 2.38. The van der Waals surface area contributed by atoms with Crippen molar-refractivity contribution in [3.8, 4) is 0 Å². The Bertz CT molecular complexity index is 343. The third kappa shape index (κ3) is 2.14. The van der Waals surface area contributed by atoms with Crippen molar-refractivity contribution < 1.29 is 9.84 Å². The topological polar surface area (TPSA) is 42.4 Å². The summed E-state index contributed by atoms with van der Waals surface area (Å²) >= 11 is 1.58. The number of aliphatic hydroxyl groups excluding tert-OH is 1. The molecule has 0 aromatic carbocycles. The number of aliphatic hydroxyl groups is 1. The van der Waals surface area contributed by atoms with Crippen LogP contribution in [0.4, 0.5) is 0 Å². The van der Waals surface area contributed by atoms with Crippen molar-refractivity contribution in [3.63, 3.8) is 0 Å². The molecule has 0 atom stereocenters. The van der Waals surface area contributed by atoms with Crippen LogP contribution >= 0.6 is 11.3 Å². The smallest absolute Gasteiger partial charge is 0.125 e. The number of nitrogens with zero attached hydrogens (tertiary/aromatic N) is 1. The molecule has 90 valence electrons. The van der Waals surface area contributed by atoms with E-state index in [1.54, 1.807) is 24.6 Å². The molecule has 3 nitrogen and oxygen atoms in total. The molecule has 16 heavy (non-hydrogen) atoms. The number of hydrogen-bond acceptors (Lipinski definition) is 4. The third-order valence-electron chi connectivity index (χ3n) is 3.57. The van der Waals surface area contributed by atoms with Crippen molar-refractivity contribution >= 4 is 11.3 Å². The van der Waals surface area contributed by atoms with E-state index in [1.807, 2.05) is 0 Å². The second-order valence-corrected chi connectivity index (χ2v) is 5.79. The van der Waals surface area contributed by atoms with Gasteiger partial charge in [0.2, 0.25) is 0 Å². The highest BCUT2D eigenvalue weighted by molar-refractivity contribution is 7.11. The fourth-order valence-corrected chi connectivity index (χ4v) is 3.32. The predicted octanol–water partition coefficient (Wildman–Crippen LogP) is 2.69. The number of rotatable bonds is 3. The SMILES string of the molecule is COC1(c2ncc(CO)s2)CCC(C)CC1. The summed E-state index contributed by atoms with van der Waals surface area (Å²) in [5.41, 5.74) is -0.190. The van der Waals surface area contributed by atoms with E-state index < -0.39 is 0 Å². The Morgan fingerprint density at radius 1 is 1.56 bits per heavy atom. The second-order valence-electron chi connectivity index (χ2n) is 4.67. The summed E-state index contributed by atoms with van der Waals surface area (Å²) in [4.78, 5) is 5.33. The molecule has 0 amide bonds. The second kappa shape index (κ2) is 4.82. The summed E-state index contributed by atoms with van der Waals surface area (Å²) in [5.74, 6) is 0.792. The van der Waals surface area contributed by atoms with E-state index in [2.05, 4.69) is 11.9 Å². The summed E-state index contributed by atoms with van der Waals surface area (Å²) < 4.78 is 5.74. The molecular weight excluding hydrogens is 222 g/mol. The molecule has 0 radical (unpaired) electrons. The minimum absolute atomic E-state index is 0.0772. The molecule has 0 unspecified atom stereocenters. The third-order valence-corrected chi connectivity index (χ3v) is 4.74. The number of thiazole rings is 1. The number of hydrogen-bond donors (Lipinski definition) is 1. The molecule has 0 spiro atoms. The van der Waals surface area contributed by atoms with E-state index in [-0.39, 0.29) is 12.2 Å². The van der Waals surface area contributed by atoms with Gasteiger partial charge in [0.05, 0.1) is 11.5 Å². The van der Waals surface area contributed by atoms with Crippen LogP contribution in [0.25, 0.3) is 0 Å². The normalized spacial score (nSPS) is 30.6. The molecule has 1 aromatic rings. The van der Waals surface area contributed by atoms with Crippen LogP contribution in [0, 0.1) is 5.92 Å². The number of ether oxygens (including phenoxy) is 1. The van der Waals surface area contributed by atoms with Crippen molar-refractivity contribution in [2.75, 3.05) is 7.11 Å². The van der Waals surface area contributed by atoms with E-state index in [0.717, 1.165) is 28.6 Å². The van der Waals surface area contributed by atoms with Crippen molar-refractivity contribution in [2.24, 2.45) is 5.92 Å². The Kier molecular flexibility index (Phi) is 3.62. The Morgan fingerprint density at radius 3 is 2.75 bits per heavy atom. The molecule has 2 rings (SSSR count). The molecule has 1 heterocycles. The maximum atomic E-state index is 9.08. The highest BCUT2D eigenvalue weighted by atomic mass is 32.1. The lowest BCUT2D eigenvalue weighted by Crippen LogP contribution is -2.33. The number of aromatic nitrogens is 1. The standard InChI is InChI=1S/C12H19NO2S/c1-9-3-5-12(15-2,6-4-9)11-13-7-10(8-14)16-11/h7,9,14H,3-6,8H2,1-2H3. The first-order chi connectivity index (χ1) is 7.70. The van der Waals surface area contributed by atoms with Gasteiger partial charge in [-0.1, -0.05) is 6.92 Å². The van der Waals surface area contributed by atoms with Crippen molar-refractivity contribution in [3.05, 3.63) is 16.1 Å². The fourth-order valence-electron chi connectivity index (χ4n) is 2.32. The van der Waals surface area contributed by atoms with Gasteiger partial charge in [0.25, 0.3) is 0 Å². The summed E-state index contributed by atoms with van der Waals surface area (Å²) in [5, 5.41) is 10.1. The summed E-state index contributed by atoms with van der Waals surface area (Å²) in [6.45, 7) is 2.37. The molecule has 0 saturated heterocycles. The maximum absolute atomic E-state index is 9.08. The average Bonchev–Trinajstić information content (AvgIpc) is 2.80. The Labute approximate surface area is 100 Å². The maximum Gasteiger partial charge on any atom is 0.125 e. The Balaban J connectivity index is 2.20. The Morgan fingerprint density at radius 2 is 2.25 bits per heavy atom. The van der Waals surface area contributed by atoms with Gasteiger partial charge in [0, 0.05) is 13.3 Å². The van der Waals surface area contributed by atoms with Crippen LogP contribution in [0.2, 0.25) is 0 Å². The summed E-state index contributed by atoms with van der Waals surface area (Å²) in [7, 11) is 1.77. The molecule has 1 aliphatic rings. The van der Waals surface area contributed by atoms with Gasteiger partial charge in [-0.25, -0.2) is 4.98 Å². The van der Waals surface area contributed by atoms with Crippen molar-refractivity contribution in [1.29, 1.82) is 0 Å². The molecule has 0 bridgehead atoms. The number of methoxy groups -OCH3 is 1. The largest absolute Gasteiger partial charge is 0.391 e. The van der Waals surface area contributed by atoms with Gasteiger partial charge >= 0.3 is 0 Å². The van der Waals surface area contributed by atoms with Gasteiger partial charge in [-0.15, -0.1) is 11.3 Å². The predicted molar refractivity (Wildman–Crippen MR) is 64.4 cm³/mol. The van der Waals surface area contributed by atoms with Crippen molar-refractivity contribution in [1.82, 2.24) is 4.98 Å². The van der Waals surface area contributed by atoms with Crippen LogP contribution in [0.1, 0.15) is 42.5 Å². The minimum Gasteiger partial charge on any atom is -0.391 e. The molecule has 1 aliphatic carbocycles. The van der Waals surface area contributed by atoms with Crippen molar-refractivity contribution in [2.45, 2.75) is 44.8 Å². The van der Waals surface area contributed by atoms with Crippen LogP contribution < -0.4 is 0 Å². The molecule has 1 N–H and O–H groups in total. The first-order valence-electron chi connectivity index (χ1n) is 5.81. The average molecular weight is 241 g/mol. The molecule has 1 aromatic heterocycles. The minimum atomic E-state index is -0.190. The zero-order valence-corrected chi connectivity index (χ0v) is 10.7. The monoisotopic (exact) mass is 241 g/mol. The van der Waals surface area contributed by atoms with Crippen LogP contribution in [0.15, 0.2) is 6.20 Å². The zero-order chi connectivity index (χ0) is 11.6. The van der Waals surface area contributed by atoms with E-state index in [9.17, 15) is 0 Å². The van der Waals surface area contributed by atoms with Gasteiger partial charge in [0.1, 0.15) is 10.6 Å². The Hall–Kier alpha value is -0.450. The van der Waals surface area contributed by atoms with Crippen LogP contribution in [-0.4, -0.2) is 17.2 Å². The molecule has 0 aliphatic heterocycles. The first-order valence-corrected chi connectivity index (χ1v) is 6.63. The van der Waals surface area contributed by atoms with Gasteiger partial charge in [0.15, 0.2) is 0 Å². The van der Waals surface area contributed by atoms with Crippen LogP contribution in [0.5, 0.6) is 0 Å². The first kappa shape index (κ1) is 12.0. The van der Waals surface area contributed by atoms with E-state index >= 15 is 0 Å². The lowest BCUT2D eigenvalue weighted by atomic mass is 9.80. The summed E-state index contributed by atoms with van der Waals surface area (Å²) in [6.07, 6.45) is 6.24.